The lowest BCUT2D eigenvalue weighted by molar-refractivity contribution is -0.138. The van der Waals surface area contributed by atoms with E-state index in [0.29, 0.717) is 5.56 Å². The van der Waals surface area contributed by atoms with Crippen molar-refractivity contribution < 1.29 is 36.6 Å². The highest BCUT2D eigenvalue weighted by atomic mass is 32.1. The molecule has 0 aliphatic carbocycles. The molecule has 0 bridgehead atoms. The highest BCUT2D eigenvalue weighted by molar-refractivity contribution is 7.08. The molecule has 12 heteroatoms. The number of halogens is 5. The molecule has 6 nitrogen and oxygen atoms in total. The van der Waals surface area contributed by atoms with E-state index in [-0.39, 0.29) is 54.6 Å². The number of piperidine rings is 1. The van der Waals surface area contributed by atoms with Crippen LogP contribution in [0.1, 0.15) is 47.6 Å². The Balaban J connectivity index is 1.60. The molecule has 40 heavy (non-hydrogen) atoms. The standard InChI is InChI=1S/C28H26F5N3O3S/c1-16-3-5-17(6-4-16)27(30)9-11-35(12-10-27)26-34-24-19(15-40-25(24)29)20(14-23(37)38)36(26)21-13-18(28(31,32)33)7-8-22(21)39-2/h3-8,13,15,20H,9-12,14H2,1-2H3,(H,37,38)/t20-/m1/s1. The van der Waals surface area contributed by atoms with Crippen LogP contribution in [0.15, 0.2) is 52.8 Å². The molecule has 0 saturated carbocycles. The Morgan fingerprint density at radius 2 is 1.85 bits per heavy atom. The number of benzene rings is 2. The molecule has 3 aromatic rings. The van der Waals surface area contributed by atoms with Crippen LogP contribution in [0, 0.1) is 12.1 Å². The van der Waals surface area contributed by atoms with E-state index in [0.717, 1.165) is 35.1 Å². The molecule has 0 spiro atoms. The van der Waals surface area contributed by atoms with Crippen molar-refractivity contribution in [3.63, 3.8) is 0 Å². The molecule has 0 amide bonds. The van der Waals surface area contributed by atoms with Crippen LogP contribution in [0.2, 0.25) is 0 Å². The van der Waals surface area contributed by atoms with Gasteiger partial charge in [-0.1, -0.05) is 29.8 Å². The molecule has 2 aromatic carbocycles. The maximum atomic E-state index is 16.0. The van der Waals surface area contributed by atoms with Gasteiger partial charge < -0.3 is 19.6 Å². The van der Waals surface area contributed by atoms with E-state index < -0.39 is 41.0 Å². The summed E-state index contributed by atoms with van der Waals surface area (Å²) < 4.78 is 77.6. The van der Waals surface area contributed by atoms with Crippen molar-refractivity contribution in [1.29, 1.82) is 0 Å². The van der Waals surface area contributed by atoms with Gasteiger partial charge in [-0.2, -0.15) is 17.6 Å². The molecule has 1 atom stereocenters. The lowest BCUT2D eigenvalue weighted by Gasteiger charge is -2.45. The van der Waals surface area contributed by atoms with Crippen molar-refractivity contribution in [3.05, 3.63) is 75.2 Å². The first-order valence-electron chi connectivity index (χ1n) is 12.5. The number of aryl methyl sites for hydroxylation is 1. The van der Waals surface area contributed by atoms with Gasteiger partial charge in [-0.15, -0.1) is 11.3 Å². The lowest BCUT2D eigenvalue weighted by Crippen LogP contribution is -2.52. The number of fused-ring (bicyclic) bond motifs is 1. The summed E-state index contributed by atoms with van der Waals surface area (Å²) >= 11 is 0.729. The minimum atomic E-state index is -4.69. The second kappa shape index (κ2) is 10.4. The maximum Gasteiger partial charge on any atom is 0.416 e. The van der Waals surface area contributed by atoms with Gasteiger partial charge in [0, 0.05) is 36.9 Å². The SMILES string of the molecule is COc1ccc(C(F)(F)F)cc1N1C(N2CCC(F)(c3ccc(C)cc3)CC2)=Nc2c(csc2F)[C@H]1CC(=O)O. The average Bonchev–Trinajstić information content (AvgIpc) is 3.28. The summed E-state index contributed by atoms with van der Waals surface area (Å²) in [5.74, 6) is -1.15. The van der Waals surface area contributed by atoms with E-state index in [9.17, 15) is 27.5 Å². The summed E-state index contributed by atoms with van der Waals surface area (Å²) in [4.78, 5) is 19.5. The van der Waals surface area contributed by atoms with E-state index in [1.54, 1.807) is 17.0 Å². The predicted octanol–water partition coefficient (Wildman–Crippen LogP) is 7.21. The fraction of sp³-hybridized carbons (Fsp3) is 0.357. The van der Waals surface area contributed by atoms with Crippen LogP contribution in [0.4, 0.5) is 33.3 Å². The largest absolute Gasteiger partial charge is 0.495 e. The molecule has 1 fully saturated rings. The van der Waals surface area contributed by atoms with Crippen molar-refractivity contribution in [2.45, 2.75) is 44.1 Å². The molecule has 0 radical (unpaired) electrons. The molecule has 1 saturated heterocycles. The van der Waals surface area contributed by atoms with E-state index in [1.807, 2.05) is 19.1 Å². The molecular weight excluding hydrogens is 553 g/mol. The first kappa shape index (κ1) is 27.9. The number of ether oxygens (including phenoxy) is 1. The Kier molecular flexibility index (Phi) is 7.24. The second-order valence-corrected chi connectivity index (χ2v) is 10.7. The van der Waals surface area contributed by atoms with E-state index >= 15 is 4.39 Å². The third-order valence-corrected chi connectivity index (χ3v) is 8.16. The Bertz CT molecular complexity index is 1450. The first-order valence-corrected chi connectivity index (χ1v) is 13.4. The zero-order valence-electron chi connectivity index (χ0n) is 21.6. The summed E-state index contributed by atoms with van der Waals surface area (Å²) in [6, 6.07) is 8.92. The van der Waals surface area contributed by atoms with Gasteiger partial charge in [-0.25, -0.2) is 9.38 Å². The molecule has 212 valence electrons. The van der Waals surface area contributed by atoms with Crippen molar-refractivity contribution in [2.75, 3.05) is 25.1 Å². The molecule has 0 unspecified atom stereocenters. The lowest BCUT2D eigenvalue weighted by atomic mass is 9.86. The minimum Gasteiger partial charge on any atom is -0.495 e. The van der Waals surface area contributed by atoms with Crippen LogP contribution >= 0.6 is 11.3 Å². The number of anilines is 1. The van der Waals surface area contributed by atoms with Crippen LogP contribution in [0.5, 0.6) is 5.75 Å². The topological polar surface area (TPSA) is 65.4 Å². The van der Waals surface area contributed by atoms with Crippen molar-refractivity contribution in [3.8, 4) is 5.75 Å². The van der Waals surface area contributed by atoms with Gasteiger partial charge in [0.05, 0.1) is 30.8 Å². The Morgan fingerprint density at radius 3 is 2.45 bits per heavy atom. The van der Waals surface area contributed by atoms with Crippen molar-refractivity contribution >= 4 is 34.6 Å². The van der Waals surface area contributed by atoms with Crippen LogP contribution in [-0.4, -0.2) is 42.1 Å². The van der Waals surface area contributed by atoms with Crippen LogP contribution in [-0.2, 0) is 16.6 Å². The molecule has 2 aliphatic heterocycles. The minimum absolute atomic E-state index is 0.0413. The van der Waals surface area contributed by atoms with E-state index in [4.69, 9.17) is 4.74 Å². The number of thiophene rings is 1. The Hall–Kier alpha value is -3.67. The predicted molar refractivity (Wildman–Crippen MR) is 142 cm³/mol. The number of aliphatic imine (C=N–C) groups is 1. The highest BCUT2D eigenvalue weighted by Gasteiger charge is 2.43. The van der Waals surface area contributed by atoms with Gasteiger partial charge in [0.1, 0.15) is 17.1 Å². The maximum absolute atomic E-state index is 16.0. The van der Waals surface area contributed by atoms with E-state index in [2.05, 4.69) is 4.99 Å². The zero-order chi connectivity index (χ0) is 28.8. The number of carbonyl (C=O) groups is 1. The third-order valence-electron chi connectivity index (χ3n) is 7.39. The quantitative estimate of drug-likeness (QED) is 0.324. The number of carboxylic acids is 1. The first-order chi connectivity index (χ1) is 18.9. The van der Waals surface area contributed by atoms with Gasteiger partial charge in [-0.05, 0) is 30.7 Å². The summed E-state index contributed by atoms with van der Waals surface area (Å²) in [6.45, 7) is 2.13. The monoisotopic (exact) mass is 579 g/mol. The normalized spacial score (nSPS) is 18.8. The molecule has 3 heterocycles. The fourth-order valence-corrected chi connectivity index (χ4v) is 6.01. The van der Waals surface area contributed by atoms with Gasteiger partial charge in [0.15, 0.2) is 0 Å². The average molecular weight is 580 g/mol. The second-order valence-electron chi connectivity index (χ2n) is 9.91. The van der Waals surface area contributed by atoms with Gasteiger partial charge in [0.2, 0.25) is 11.1 Å². The summed E-state index contributed by atoms with van der Waals surface area (Å²) in [6.07, 6.45) is -5.15. The smallest absolute Gasteiger partial charge is 0.416 e. The number of alkyl halides is 4. The Labute approximate surface area is 231 Å². The molecular formula is C28H26F5N3O3S. The van der Waals surface area contributed by atoms with Crippen LogP contribution in [0.3, 0.4) is 0 Å². The number of hydrogen-bond acceptors (Lipinski definition) is 6. The van der Waals surface area contributed by atoms with Crippen molar-refractivity contribution in [2.24, 2.45) is 4.99 Å². The number of likely N-dealkylation sites (tertiary alicyclic amines) is 1. The molecule has 1 aromatic heterocycles. The summed E-state index contributed by atoms with van der Waals surface area (Å²) in [7, 11) is 1.29. The summed E-state index contributed by atoms with van der Waals surface area (Å²) in [5, 5.41) is 10.5. The highest BCUT2D eigenvalue weighted by Crippen LogP contribution is 2.48. The fourth-order valence-electron chi connectivity index (χ4n) is 5.24. The Morgan fingerprint density at radius 1 is 1.18 bits per heavy atom. The number of carboxylic acid groups (broad SMARTS) is 1. The number of rotatable bonds is 5. The number of nitrogens with zero attached hydrogens (tertiary/aromatic N) is 3. The number of aliphatic carboxylic acids is 1. The van der Waals surface area contributed by atoms with Crippen molar-refractivity contribution in [1.82, 2.24) is 4.90 Å². The van der Waals surface area contributed by atoms with Crippen LogP contribution in [0.25, 0.3) is 0 Å². The zero-order valence-corrected chi connectivity index (χ0v) is 22.5. The molecule has 1 N–H and O–H groups in total. The number of hydrogen-bond donors (Lipinski definition) is 1. The van der Waals surface area contributed by atoms with Gasteiger partial charge in [0.25, 0.3) is 0 Å². The summed E-state index contributed by atoms with van der Waals surface area (Å²) in [5.41, 5.74) is -0.999. The molecule has 5 rings (SSSR count). The third kappa shape index (κ3) is 5.12. The molecule has 2 aliphatic rings. The van der Waals surface area contributed by atoms with E-state index in [1.165, 1.54) is 17.4 Å². The van der Waals surface area contributed by atoms with Crippen LogP contribution < -0.4 is 9.64 Å². The van der Waals surface area contributed by atoms with Gasteiger partial charge in [-0.3, -0.25) is 4.79 Å². The van der Waals surface area contributed by atoms with Gasteiger partial charge >= 0.3 is 12.1 Å². The number of methoxy groups -OCH3 is 1. The number of guanidine groups is 1.